The van der Waals surface area contributed by atoms with Crippen molar-refractivity contribution in [1.82, 2.24) is 10.2 Å². The van der Waals surface area contributed by atoms with Gasteiger partial charge in [0.05, 0.1) is 6.10 Å². The SMILES string of the molecule is CCCN1CCC(CNC(=O)COC2CCCCC2)CC1. The highest BCUT2D eigenvalue weighted by Gasteiger charge is 2.19. The van der Waals surface area contributed by atoms with Crippen LogP contribution in [0.3, 0.4) is 0 Å². The number of rotatable bonds is 7. The van der Waals surface area contributed by atoms with Gasteiger partial charge in [-0.25, -0.2) is 0 Å². The monoisotopic (exact) mass is 296 g/mol. The van der Waals surface area contributed by atoms with Crippen LogP contribution >= 0.6 is 0 Å². The third-order valence-corrected chi connectivity index (χ3v) is 4.84. The second-order valence-electron chi connectivity index (χ2n) is 6.66. The molecule has 1 aliphatic carbocycles. The molecule has 2 aliphatic rings. The van der Waals surface area contributed by atoms with Gasteiger partial charge in [-0.1, -0.05) is 26.2 Å². The Morgan fingerprint density at radius 2 is 1.86 bits per heavy atom. The number of carbonyl (C=O) groups is 1. The molecule has 0 aromatic rings. The van der Waals surface area contributed by atoms with Crippen LogP contribution in [0.25, 0.3) is 0 Å². The standard InChI is InChI=1S/C17H32N2O2/c1-2-10-19-11-8-15(9-12-19)13-18-17(20)14-21-16-6-4-3-5-7-16/h15-16H,2-14H2,1H3,(H,18,20). The van der Waals surface area contributed by atoms with Crippen LogP contribution in [0.2, 0.25) is 0 Å². The maximum atomic E-state index is 11.8. The van der Waals surface area contributed by atoms with Gasteiger partial charge in [-0.3, -0.25) is 4.79 Å². The summed E-state index contributed by atoms with van der Waals surface area (Å²) in [6, 6.07) is 0. The van der Waals surface area contributed by atoms with Crippen LogP contribution in [-0.2, 0) is 9.53 Å². The fourth-order valence-corrected chi connectivity index (χ4v) is 3.46. The van der Waals surface area contributed by atoms with Crippen molar-refractivity contribution in [3.05, 3.63) is 0 Å². The highest BCUT2D eigenvalue weighted by molar-refractivity contribution is 5.77. The molecule has 21 heavy (non-hydrogen) atoms. The molecule has 0 atom stereocenters. The molecule has 1 saturated carbocycles. The first-order valence-corrected chi connectivity index (χ1v) is 8.88. The van der Waals surface area contributed by atoms with Gasteiger partial charge >= 0.3 is 0 Å². The Hall–Kier alpha value is -0.610. The number of likely N-dealkylation sites (tertiary alicyclic amines) is 1. The molecule has 4 nitrogen and oxygen atoms in total. The first-order valence-electron chi connectivity index (χ1n) is 8.88. The molecule has 1 N–H and O–H groups in total. The molecule has 1 saturated heterocycles. The van der Waals surface area contributed by atoms with Gasteiger partial charge in [0.15, 0.2) is 0 Å². The van der Waals surface area contributed by atoms with E-state index in [2.05, 4.69) is 17.1 Å². The molecule has 0 radical (unpaired) electrons. The zero-order chi connectivity index (χ0) is 14.9. The third-order valence-electron chi connectivity index (χ3n) is 4.84. The molecule has 0 spiro atoms. The number of piperidine rings is 1. The minimum Gasteiger partial charge on any atom is -0.368 e. The molecule has 1 amide bonds. The first kappa shape index (κ1) is 16.8. The quantitative estimate of drug-likeness (QED) is 0.785. The summed E-state index contributed by atoms with van der Waals surface area (Å²) >= 11 is 0. The molecular weight excluding hydrogens is 264 g/mol. The zero-order valence-electron chi connectivity index (χ0n) is 13.6. The minimum absolute atomic E-state index is 0.0663. The van der Waals surface area contributed by atoms with E-state index in [1.54, 1.807) is 0 Å². The first-order chi connectivity index (χ1) is 10.3. The van der Waals surface area contributed by atoms with E-state index in [4.69, 9.17) is 4.74 Å². The fraction of sp³-hybridized carbons (Fsp3) is 0.941. The van der Waals surface area contributed by atoms with E-state index in [1.807, 2.05) is 0 Å². The summed E-state index contributed by atoms with van der Waals surface area (Å²) in [7, 11) is 0. The predicted octanol–water partition coefficient (Wildman–Crippen LogP) is 2.57. The van der Waals surface area contributed by atoms with Crippen LogP contribution in [0.1, 0.15) is 58.3 Å². The molecule has 0 unspecified atom stereocenters. The van der Waals surface area contributed by atoms with E-state index >= 15 is 0 Å². The topological polar surface area (TPSA) is 41.6 Å². The lowest BCUT2D eigenvalue weighted by Crippen LogP contribution is -2.40. The Morgan fingerprint density at radius 1 is 1.14 bits per heavy atom. The number of nitrogens with one attached hydrogen (secondary N) is 1. The molecule has 2 fully saturated rings. The number of carbonyl (C=O) groups excluding carboxylic acids is 1. The third kappa shape index (κ3) is 6.35. The van der Waals surface area contributed by atoms with Gasteiger partial charge in [-0.05, 0) is 57.7 Å². The Balaban J connectivity index is 1.52. The van der Waals surface area contributed by atoms with Crippen molar-refractivity contribution in [3.63, 3.8) is 0 Å². The smallest absolute Gasteiger partial charge is 0.246 e. The van der Waals surface area contributed by atoms with Crippen LogP contribution in [0, 0.1) is 5.92 Å². The van der Waals surface area contributed by atoms with Crippen molar-refractivity contribution in [1.29, 1.82) is 0 Å². The van der Waals surface area contributed by atoms with Gasteiger partial charge in [-0.15, -0.1) is 0 Å². The van der Waals surface area contributed by atoms with Crippen molar-refractivity contribution in [2.24, 2.45) is 5.92 Å². The number of amides is 1. The van der Waals surface area contributed by atoms with Crippen molar-refractivity contribution in [3.8, 4) is 0 Å². The van der Waals surface area contributed by atoms with Gasteiger partial charge in [0.25, 0.3) is 0 Å². The van der Waals surface area contributed by atoms with Crippen molar-refractivity contribution < 1.29 is 9.53 Å². The molecule has 4 heteroatoms. The molecule has 0 aromatic heterocycles. The summed E-state index contributed by atoms with van der Waals surface area (Å²) in [5, 5.41) is 3.06. The van der Waals surface area contributed by atoms with Crippen molar-refractivity contribution in [2.75, 3.05) is 32.8 Å². The van der Waals surface area contributed by atoms with E-state index in [0.29, 0.717) is 12.0 Å². The van der Waals surface area contributed by atoms with Crippen molar-refractivity contribution in [2.45, 2.75) is 64.4 Å². The average Bonchev–Trinajstić information content (AvgIpc) is 2.53. The summed E-state index contributed by atoms with van der Waals surface area (Å²) in [6.45, 7) is 6.90. The maximum Gasteiger partial charge on any atom is 0.246 e. The lowest BCUT2D eigenvalue weighted by atomic mass is 9.96. The summed E-state index contributed by atoms with van der Waals surface area (Å²) in [6.07, 6.45) is 10.1. The second kappa shape index (κ2) is 9.42. The lowest BCUT2D eigenvalue weighted by Gasteiger charge is -2.31. The highest BCUT2D eigenvalue weighted by Crippen LogP contribution is 2.20. The van der Waals surface area contributed by atoms with Crippen LogP contribution < -0.4 is 5.32 Å². The lowest BCUT2D eigenvalue weighted by molar-refractivity contribution is -0.128. The largest absolute Gasteiger partial charge is 0.368 e. The number of ether oxygens (including phenoxy) is 1. The van der Waals surface area contributed by atoms with Crippen LogP contribution in [0.15, 0.2) is 0 Å². The summed E-state index contributed by atoms with van der Waals surface area (Å²) in [5.41, 5.74) is 0. The van der Waals surface area contributed by atoms with Crippen LogP contribution in [0.5, 0.6) is 0 Å². The van der Waals surface area contributed by atoms with Gasteiger partial charge < -0.3 is 15.0 Å². The molecule has 1 aliphatic heterocycles. The maximum absolute atomic E-state index is 11.8. The van der Waals surface area contributed by atoms with E-state index in [0.717, 1.165) is 19.4 Å². The normalized spacial score (nSPS) is 22.3. The van der Waals surface area contributed by atoms with Crippen LogP contribution in [0.4, 0.5) is 0 Å². The fourth-order valence-electron chi connectivity index (χ4n) is 3.46. The van der Waals surface area contributed by atoms with Gasteiger partial charge in [0.1, 0.15) is 6.61 Å². The minimum atomic E-state index is 0.0663. The summed E-state index contributed by atoms with van der Waals surface area (Å²) in [5.74, 6) is 0.716. The van der Waals surface area contributed by atoms with E-state index in [9.17, 15) is 4.79 Å². The van der Waals surface area contributed by atoms with Crippen molar-refractivity contribution >= 4 is 5.91 Å². The molecular formula is C17H32N2O2. The number of hydrogen-bond donors (Lipinski definition) is 1. The van der Waals surface area contributed by atoms with Gasteiger partial charge in [-0.2, -0.15) is 0 Å². The predicted molar refractivity (Wildman–Crippen MR) is 85.3 cm³/mol. The highest BCUT2D eigenvalue weighted by atomic mass is 16.5. The Labute approximate surface area is 129 Å². The number of hydrogen-bond acceptors (Lipinski definition) is 3. The van der Waals surface area contributed by atoms with E-state index in [-0.39, 0.29) is 12.5 Å². The van der Waals surface area contributed by atoms with E-state index < -0.39 is 0 Å². The Bertz CT molecular complexity index is 295. The van der Waals surface area contributed by atoms with Gasteiger partial charge in [0.2, 0.25) is 5.91 Å². The molecule has 0 bridgehead atoms. The van der Waals surface area contributed by atoms with E-state index in [1.165, 1.54) is 58.2 Å². The molecule has 0 aromatic carbocycles. The Kier molecular flexibility index (Phi) is 7.51. The molecule has 1 heterocycles. The summed E-state index contributed by atoms with van der Waals surface area (Å²) in [4.78, 5) is 14.4. The molecule has 2 rings (SSSR count). The second-order valence-corrected chi connectivity index (χ2v) is 6.66. The Morgan fingerprint density at radius 3 is 2.52 bits per heavy atom. The van der Waals surface area contributed by atoms with Crippen LogP contribution in [-0.4, -0.2) is 49.7 Å². The molecule has 122 valence electrons. The number of nitrogens with zero attached hydrogens (tertiary/aromatic N) is 1. The summed E-state index contributed by atoms with van der Waals surface area (Å²) < 4.78 is 5.71. The average molecular weight is 296 g/mol. The zero-order valence-corrected chi connectivity index (χ0v) is 13.6. The van der Waals surface area contributed by atoms with Gasteiger partial charge in [0, 0.05) is 6.54 Å².